The van der Waals surface area contributed by atoms with Crippen molar-refractivity contribution in [3.8, 4) is 33.4 Å². The molecule has 0 fully saturated rings. The molecule has 2 aromatic heterocycles. The van der Waals surface area contributed by atoms with E-state index in [9.17, 15) is 0 Å². The van der Waals surface area contributed by atoms with Crippen LogP contribution in [0.2, 0.25) is 0 Å². The zero-order valence-electron chi connectivity index (χ0n) is 24.8. The minimum Gasteiger partial charge on any atom is -0.464 e. The van der Waals surface area contributed by atoms with Crippen LogP contribution in [-0.2, 0) is 0 Å². The molecule has 0 saturated carbocycles. The van der Waals surface area contributed by atoms with Crippen LogP contribution in [-0.4, -0.2) is 0 Å². The summed E-state index contributed by atoms with van der Waals surface area (Å²) in [7, 11) is 0. The van der Waals surface area contributed by atoms with Crippen molar-refractivity contribution >= 4 is 74.8 Å². The van der Waals surface area contributed by atoms with Crippen molar-refractivity contribution in [3.05, 3.63) is 158 Å². The first-order valence-corrected chi connectivity index (χ1v) is 16.5. The summed E-state index contributed by atoms with van der Waals surface area (Å²) in [5.74, 6) is 0. The fraction of sp³-hybridized carbons (Fsp3) is 0. The van der Waals surface area contributed by atoms with Crippen molar-refractivity contribution in [1.82, 2.24) is 0 Å². The Labute approximate surface area is 269 Å². The average molecular weight is 603 g/mol. The van der Waals surface area contributed by atoms with Crippen LogP contribution in [0, 0.1) is 0 Å². The van der Waals surface area contributed by atoms with E-state index in [1.807, 2.05) is 17.6 Å². The van der Waals surface area contributed by atoms with Gasteiger partial charge in [-0.2, -0.15) is 0 Å². The summed E-state index contributed by atoms with van der Waals surface area (Å²) in [6.45, 7) is 0. The van der Waals surface area contributed by atoms with Gasteiger partial charge in [-0.15, -0.1) is 11.3 Å². The predicted octanol–water partition coefficient (Wildman–Crippen LogP) is 13.3. The van der Waals surface area contributed by atoms with Crippen molar-refractivity contribution in [3.63, 3.8) is 0 Å². The lowest BCUT2D eigenvalue weighted by Crippen LogP contribution is -1.90. The van der Waals surface area contributed by atoms with E-state index in [4.69, 9.17) is 4.42 Å². The van der Waals surface area contributed by atoms with Gasteiger partial charge < -0.3 is 4.42 Å². The van der Waals surface area contributed by atoms with Crippen LogP contribution in [0.1, 0.15) is 0 Å². The highest BCUT2D eigenvalue weighted by molar-refractivity contribution is 7.26. The van der Waals surface area contributed by atoms with Crippen molar-refractivity contribution < 1.29 is 4.42 Å². The predicted molar refractivity (Wildman–Crippen MR) is 198 cm³/mol. The summed E-state index contributed by atoms with van der Waals surface area (Å²) in [5.41, 5.74) is 8.32. The molecule has 0 unspecified atom stereocenters. The van der Waals surface area contributed by atoms with E-state index in [-0.39, 0.29) is 0 Å². The molecule has 10 aromatic rings. The van der Waals surface area contributed by atoms with Crippen LogP contribution in [0.25, 0.3) is 96.8 Å². The summed E-state index contributed by atoms with van der Waals surface area (Å²) < 4.78 is 8.72. The van der Waals surface area contributed by atoms with E-state index >= 15 is 0 Å². The largest absolute Gasteiger partial charge is 0.464 e. The van der Waals surface area contributed by atoms with E-state index < -0.39 is 0 Å². The smallest absolute Gasteiger partial charge is 0.135 e. The van der Waals surface area contributed by atoms with Gasteiger partial charge in [0.1, 0.15) is 5.58 Å². The summed E-state index contributed by atoms with van der Waals surface area (Å²) in [6, 6.07) is 55.2. The van der Waals surface area contributed by atoms with Gasteiger partial charge in [-0.05, 0) is 84.4 Å². The third kappa shape index (κ3) is 3.74. The molecule has 0 atom stereocenters. The van der Waals surface area contributed by atoms with Gasteiger partial charge in [-0.1, -0.05) is 127 Å². The molecule has 10 rings (SSSR count). The molecule has 0 amide bonds. The first kappa shape index (κ1) is 25.6. The molecule has 0 radical (unpaired) electrons. The summed E-state index contributed by atoms with van der Waals surface area (Å²) in [6.07, 6.45) is 1.93. The van der Waals surface area contributed by atoms with Gasteiger partial charge in [-0.25, -0.2) is 0 Å². The summed E-state index contributed by atoms with van der Waals surface area (Å²) in [5, 5.41) is 11.3. The van der Waals surface area contributed by atoms with Crippen LogP contribution < -0.4 is 0 Å². The summed E-state index contributed by atoms with van der Waals surface area (Å²) >= 11 is 1.87. The van der Waals surface area contributed by atoms with Gasteiger partial charge in [0, 0.05) is 31.1 Å². The van der Waals surface area contributed by atoms with E-state index in [0.717, 1.165) is 11.1 Å². The molecule has 1 nitrogen and oxygen atoms in total. The zero-order valence-corrected chi connectivity index (χ0v) is 25.6. The first-order chi connectivity index (χ1) is 22.8. The molecule has 0 N–H and O–H groups in total. The van der Waals surface area contributed by atoms with Crippen LogP contribution in [0.4, 0.5) is 0 Å². The van der Waals surface area contributed by atoms with Crippen molar-refractivity contribution in [2.45, 2.75) is 0 Å². The molecule has 0 bridgehead atoms. The molecular weight excluding hydrogens is 577 g/mol. The van der Waals surface area contributed by atoms with Gasteiger partial charge in [0.15, 0.2) is 0 Å². The number of benzene rings is 8. The molecule has 46 heavy (non-hydrogen) atoms. The van der Waals surface area contributed by atoms with E-state index in [1.54, 1.807) is 0 Å². The Morgan fingerprint density at radius 2 is 1.02 bits per heavy atom. The molecule has 0 aliphatic rings. The Kier molecular flexibility index (Phi) is 5.51. The molecule has 0 spiro atoms. The highest BCUT2D eigenvalue weighted by Gasteiger charge is 2.19. The number of thiophene rings is 1. The number of rotatable bonds is 3. The highest BCUT2D eigenvalue weighted by Crippen LogP contribution is 2.47. The average Bonchev–Trinajstić information content (AvgIpc) is 3.72. The number of hydrogen-bond donors (Lipinski definition) is 0. The van der Waals surface area contributed by atoms with E-state index in [0.29, 0.717) is 0 Å². The maximum atomic E-state index is 6.16. The third-order valence-corrected chi connectivity index (χ3v) is 10.7. The van der Waals surface area contributed by atoms with Crippen LogP contribution >= 0.6 is 11.3 Å². The standard InChI is InChI=1S/C44H26OS/c1-2-11-28(12-3-1)41-33-14-6-8-16-35(33)42(36-17-9-7-15-34(36)41)31-20-21-32-37-22-23-39-43(44(37)46-40(32)25-31)38(26-45-39)30-19-18-27-10-4-5-13-29(27)24-30/h1-26H. The van der Waals surface area contributed by atoms with Crippen molar-refractivity contribution in [2.24, 2.45) is 0 Å². The lowest BCUT2D eigenvalue weighted by molar-refractivity contribution is 0.617. The molecule has 2 heterocycles. The number of furan rings is 1. The molecule has 2 heteroatoms. The molecule has 0 aliphatic carbocycles. The lowest BCUT2D eigenvalue weighted by Gasteiger charge is -2.17. The highest BCUT2D eigenvalue weighted by atomic mass is 32.1. The topological polar surface area (TPSA) is 13.1 Å². The number of fused-ring (bicyclic) bond motifs is 8. The van der Waals surface area contributed by atoms with E-state index in [1.165, 1.54) is 85.7 Å². The van der Waals surface area contributed by atoms with Gasteiger partial charge in [0.25, 0.3) is 0 Å². The van der Waals surface area contributed by atoms with Gasteiger partial charge in [-0.3, -0.25) is 0 Å². The fourth-order valence-electron chi connectivity index (χ4n) is 7.44. The van der Waals surface area contributed by atoms with Crippen LogP contribution in [0.5, 0.6) is 0 Å². The Bertz CT molecular complexity index is 2740. The molecule has 0 aliphatic heterocycles. The summed E-state index contributed by atoms with van der Waals surface area (Å²) in [4.78, 5) is 0. The Morgan fingerprint density at radius 3 is 1.76 bits per heavy atom. The van der Waals surface area contributed by atoms with E-state index in [2.05, 4.69) is 152 Å². The third-order valence-electron chi connectivity index (χ3n) is 9.52. The van der Waals surface area contributed by atoms with Gasteiger partial charge >= 0.3 is 0 Å². The Morgan fingerprint density at radius 1 is 0.413 bits per heavy atom. The van der Waals surface area contributed by atoms with Gasteiger partial charge in [0.2, 0.25) is 0 Å². The molecule has 8 aromatic carbocycles. The SMILES string of the molecule is c1ccc(-c2c3ccccc3c(-c3ccc4c(c3)sc3c4ccc4occ(-c5ccc6ccccc6c5)c43)c3ccccc23)cc1. The first-order valence-electron chi connectivity index (χ1n) is 15.7. The fourth-order valence-corrected chi connectivity index (χ4v) is 8.73. The van der Waals surface area contributed by atoms with Crippen LogP contribution in [0.15, 0.2) is 162 Å². The minimum absolute atomic E-state index is 0.927. The Balaban J connectivity index is 1.22. The van der Waals surface area contributed by atoms with Crippen molar-refractivity contribution in [2.75, 3.05) is 0 Å². The zero-order chi connectivity index (χ0) is 30.2. The minimum atomic E-state index is 0.927. The quantitative estimate of drug-likeness (QED) is 0.183. The monoisotopic (exact) mass is 602 g/mol. The molecule has 0 saturated heterocycles. The van der Waals surface area contributed by atoms with Crippen molar-refractivity contribution in [1.29, 1.82) is 0 Å². The normalized spacial score (nSPS) is 11.9. The van der Waals surface area contributed by atoms with Gasteiger partial charge in [0.05, 0.1) is 6.26 Å². The lowest BCUT2D eigenvalue weighted by atomic mass is 9.86. The second-order valence-electron chi connectivity index (χ2n) is 12.0. The second kappa shape index (κ2) is 9.90. The maximum Gasteiger partial charge on any atom is 0.135 e. The second-order valence-corrected chi connectivity index (χ2v) is 13.1. The van der Waals surface area contributed by atoms with Crippen LogP contribution in [0.3, 0.4) is 0 Å². The molecular formula is C44H26OS. The maximum absolute atomic E-state index is 6.16. The number of hydrogen-bond acceptors (Lipinski definition) is 2. The Hall–Kier alpha value is -5.70. The molecule has 214 valence electrons.